The van der Waals surface area contributed by atoms with E-state index < -0.39 is 0 Å². The van der Waals surface area contributed by atoms with Crippen molar-refractivity contribution >= 4 is 28.1 Å². The zero-order valence-corrected chi connectivity index (χ0v) is 14.5. The van der Waals surface area contributed by atoms with Crippen molar-refractivity contribution in [3.05, 3.63) is 51.5 Å². The van der Waals surface area contributed by atoms with E-state index in [-0.39, 0.29) is 11.7 Å². The zero-order chi connectivity index (χ0) is 17.1. The topological polar surface area (TPSA) is 80.2 Å². The number of phenols is 1. The maximum absolute atomic E-state index is 12.1. The van der Waals surface area contributed by atoms with E-state index in [1.54, 1.807) is 37.3 Å². The molecule has 2 aromatic carbocycles. The minimum Gasteiger partial charge on any atom is -0.507 e. The molecule has 0 saturated carbocycles. The monoisotopic (exact) mass is 390 g/mol. The summed E-state index contributed by atoms with van der Waals surface area (Å²) in [6.45, 7) is 2.74. The van der Waals surface area contributed by atoms with Gasteiger partial charge in [0.05, 0.1) is 6.21 Å². The van der Waals surface area contributed by atoms with Crippen molar-refractivity contribution in [3.63, 3.8) is 0 Å². The lowest BCUT2D eigenvalue weighted by atomic mass is 10.1. The van der Waals surface area contributed by atoms with Crippen LogP contribution in [0.2, 0.25) is 0 Å². The third-order valence-electron chi connectivity index (χ3n) is 3.47. The molecule has 3 rings (SSSR count). The first-order valence-electron chi connectivity index (χ1n) is 7.27. The van der Waals surface area contributed by atoms with E-state index in [2.05, 4.69) is 26.5 Å². The normalized spacial score (nSPS) is 13.1. The molecule has 2 N–H and O–H groups in total. The van der Waals surface area contributed by atoms with Gasteiger partial charge in [0.2, 0.25) is 0 Å². The fourth-order valence-electron chi connectivity index (χ4n) is 2.27. The van der Waals surface area contributed by atoms with Crippen molar-refractivity contribution < 1.29 is 19.4 Å². The number of hydrazone groups is 1. The van der Waals surface area contributed by atoms with E-state index in [0.717, 1.165) is 4.47 Å². The first-order chi connectivity index (χ1) is 11.5. The molecule has 0 spiro atoms. The summed E-state index contributed by atoms with van der Waals surface area (Å²) >= 11 is 3.35. The summed E-state index contributed by atoms with van der Waals surface area (Å²) in [6, 6.07) is 8.44. The minimum atomic E-state index is -0.380. The van der Waals surface area contributed by atoms with Crippen LogP contribution in [0.5, 0.6) is 17.2 Å². The van der Waals surface area contributed by atoms with Crippen molar-refractivity contribution in [1.29, 1.82) is 0 Å². The Morgan fingerprint density at radius 3 is 2.79 bits per heavy atom. The third-order valence-corrected chi connectivity index (χ3v) is 3.93. The molecule has 0 fully saturated rings. The van der Waals surface area contributed by atoms with Gasteiger partial charge in [0.15, 0.2) is 11.5 Å². The maximum atomic E-state index is 12.1. The number of amides is 1. The molecule has 6 nitrogen and oxygen atoms in total. The molecule has 7 heteroatoms. The first kappa shape index (κ1) is 16.3. The number of nitrogens with one attached hydrogen (secondary N) is 1. The van der Waals surface area contributed by atoms with E-state index >= 15 is 0 Å². The predicted octanol–water partition coefficient (Wildman–Crippen LogP) is 3.00. The number of aromatic hydroxyl groups is 1. The van der Waals surface area contributed by atoms with E-state index in [0.29, 0.717) is 41.4 Å². The van der Waals surface area contributed by atoms with Crippen LogP contribution in [0.25, 0.3) is 0 Å². The van der Waals surface area contributed by atoms with Crippen LogP contribution in [0.4, 0.5) is 0 Å². The molecule has 1 amide bonds. The van der Waals surface area contributed by atoms with Gasteiger partial charge in [-0.05, 0) is 42.8 Å². The molecular weight excluding hydrogens is 376 g/mol. The van der Waals surface area contributed by atoms with Crippen LogP contribution in [-0.4, -0.2) is 30.4 Å². The van der Waals surface area contributed by atoms with Crippen LogP contribution < -0.4 is 14.9 Å². The molecule has 0 aliphatic carbocycles. The molecule has 0 radical (unpaired) electrons. The van der Waals surface area contributed by atoms with Crippen molar-refractivity contribution in [1.82, 2.24) is 5.43 Å². The zero-order valence-electron chi connectivity index (χ0n) is 12.9. The van der Waals surface area contributed by atoms with Gasteiger partial charge in [0.25, 0.3) is 5.91 Å². The van der Waals surface area contributed by atoms with Gasteiger partial charge in [-0.2, -0.15) is 5.10 Å². The number of benzene rings is 2. The van der Waals surface area contributed by atoms with Gasteiger partial charge in [-0.3, -0.25) is 4.79 Å². The van der Waals surface area contributed by atoms with Crippen LogP contribution in [0.15, 0.2) is 39.9 Å². The molecule has 0 bridgehead atoms. The Labute approximate surface area is 147 Å². The van der Waals surface area contributed by atoms with Gasteiger partial charge >= 0.3 is 0 Å². The summed E-state index contributed by atoms with van der Waals surface area (Å²) in [5.41, 5.74) is 4.05. The summed E-state index contributed by atoms with van der Waals surface area (Å²) in [5, 5.41) is 13.9. The van der Waals surface area contributed by atoms with Gasteiger partial charge in [-0.15, -0.1) is 0 Å². The first-order valence-corrected chi connectivity index (χ1v) is 8.06. The molecule has 24 heavy (non-hydrogen) atoms. The highest BCUT2D eigenvalue weighted by Gasteiger charge is 2.14. The second kappa shape index (κ2) is 6.92. The fourth-order valence-corrected chi connectivity index (χ4v) is 2.86. The number of phenolic OH excluding ortho intramolecular Hbond substituents is 1. The number of halogens is 1. The third kappa shape index (κ3) is 3.51. The lowest BCUT2D eigenvalue weighted by molar-refractivity contribution is 0.0954. The quantitative estimate of drug-likeness (QED) is 0.623. The lowest BCUT2D eigenvalue weighted by Gasteiger charge is -2.18. The molecule has 1 aliphatic heterocycles. The highest BCUT2D eigenvalue weighted by Crippen LogP contribution is 2.30. The molecule has 0 atom stereocenters. The van der Waals surface area contributed by atoms with Gasteiger partial charge in [0, 0.05) is 15.6 Å². The van der Waals surface area contributed by atoms with Crippen LogP contribution in [-0.2, 0) is 0 Å². The maximum Gasteiger partial charge on any atom is 0.271 e. The summed E-state index contributed by atoms with van der Waals surface area (Å²) in [4.78, 5) is 12.1. The van der Waals surface area contributed by atoms with E-state index in [9.17, 15) is 9.90 Å². The molecule has 1 aliphatic rings. The average Bonchev–Trinajstić information content (AvgIpc) is 2.58. The van der Waals surface area contributed by atoms with E-state index in [1.807, 2.05) is 0 Å². The summed E-state index contributed by atoms with van der Waals surface area (Å²) in [5.74, 6) is 0.902. The molecular formula is C17H15BrN2O4. The number of aryl methyl sites for hydroxylation is 1. The summed E-state index contributed by atoms with van der Waals surface area (Å²) < 4.78 is 11.7. The van der Waals surface area contributed by atoms with Crippen molar-refractivity contribution in [2.75, 3.05) is 13.2 Å². The van der Waals surface area contributed by atoms with Gasteiger partial charge in [0.1, 0.15) is 19.0 Å². The number of hydrogen-bond acceptors (Lipinski definition) is 5. The number of carbonyl (C=O) groups is 1. The predicted molar refractivity (Wildman–Crippen MR) is 93.0 cm³/mol. The van der Waals surface area contributed by atoms with Gasteiger partial charge in [-0.1, -0.05) is 15.9 Å². The Morgan fingerprint density at radius 2 is 2.00 bits per heavy atom. The molecule has 2 aromatic rings. The second-order valence-electron chi connectivity index (χ2n) is 5.22. The summed E-state index contributed by atoms with van der Waals surface area (Å²) in [6.07, 6.45) is 1.39. The van der Waals surface area contributed by atoms with Crippen LogP contribution in [0.3, 0.4) is 0 Å². The van der Waals surface area contributed by atoms with E-state index in [4.69, 9.17) is 9.47 Å². The summed E-state index contributed by atoms with van der Waals surface area (Å²) in [7, 11) is 0. The largest absolute Gasteiger partial charge is 0.507 e. The van der Waals surface area contributed by atoms with Crippen molar-refractivity contribution in [3.8, 4) is 17.2 Å². The number of carbonyl (C=O) groups excluding carboxylic acids is 1. The Balaban J connectivity index is 1.72. The Bertz CT molecular complexity index is 820. The molecule has 124 valence electrons. The number of nitrogens with zero attached hydrogens (tertiary/aromatic N) is 1. The van der Waals surface area contributed by atoms with Crippen molar-refractivity contribution in [2.24, 2.45) is 5.10 Å². The van der Waals surface area contributed by atoms with Crippen LogP contribution >= 0.6 is 15.9 Å². The Hall–Kier alpha value is -2.54. The molecule has 0 aromatic heterocycles. The van der Waals surface area contributed by atoms with Gasteiger partial charge < -0.3 is 14.6 Å². The fraction of sp³-hybridized carbons (Fsp3) is 0.176. The van der Waals surface area contributed by atoms with Crippen molar-refractivity contribution in [2.45, 2.75) is 6.92 Å². The van der Waals surface area contributed by atoms with Crippen LogP contribution in [0, 0.1) is 6.92 Å². The van der Waals surface area contributed by atoms with Gasteiger partial charge in [-0.25, -0.2) is 5.43 Å². The second-order valence-corrected chi connectivity index (χ2v) is 6.13. The highest BCUT2D eigenvalue weighted by atomic mass is 79.9. The number of hydrogen-bond donors (Lipinski definition) is 2. The highest BCUT2D eigenvalue weighted by molar-refractivity contribution is 9.10. The standard InChI is InChI=1S/C17H15BrN2O4/c1-10-6-13(18)7-12(16(10)21)9-19-20-17(22)11-2-3-14-15(8-11)24-5-4-23-14/h2-3,6-9,21H,4-5H2,1H3,(H,20,22). The van der Waals surface area contributed by atoms with E-state index in [1.165, 1.54) is 6.21 Å². The van der Waals surface area contributed by atoms with Crippen LogP contribution in [0.1, 0.15) is 21.5 Å². The molecule has 0 saturated heterocycles. The minimum absolute atomic E-state index is 0.121. The molecule has 0 unspecified atom stereocenters. The number of rotatable bonds is 3. The SMILES string of the molecule is Cc1cc(Br)cc(C=NNC(=O)c2ccc3c(c2)OCCO3)c1O. The average molecular weight is 391 g/mol. The number of fused-ring (bicyclic) bond motifs is 1. The Morgan fingerprint density at radius 1 is 1.25 bits per heavy atom. The molecule has 1 heterocycles. The number of ether oxygens (including phenoxy) is 2. The lowest BCUT2D eigenvalue weighted by Crippen LogP contribution is -2.19. The smallest absolute Gasteiger partial charge is 0.271 e. The Kier molecular flexibility index (Phi) is 4.71.